The third-order valence-corrected chi connectivity index (χ3v) is 17.7. The third kappa shape index (κ3) is 22.5. The van der Waals surface area contributed by atoms with Gasteiger partial charge in [0.25, 0.3) is 0 Å². The summed E-state index contributed by atoms with van der Waals surface area (Å²) in [4.78, 5) is 175. The number of hydrogen-bond donors (Lipinski definition) is 17. The van der Waals surface area contributed by atoms with E-state index in [1.165, 1.54) is 29.2 Å². The molecule has 3 aromatic carbocycles. The Morgan fingerprint density at radius 3 is 1.60 bits per heavy atom. The number of nitrogens with two attached hydrogens (primary N) is 3. The molecule has 102 heavy (non-hydrogen) atoms. The molecule has 4 heterocycles. The molecule has 0 saturated carbocycles. The van der Waals surface area contributed by atoms with Crippen molar-refractivity contribution in [3.8, 4) is 5.75 Å². The van der Waals surface area contributed by atoms with Crippen LogP contribution in [0.2, 0.25) is 0 Å². The number of aliphatic hydroxyl groups is 4. The number of ether oxygens (including phenoxy) is 1. The number of amides is 12. The second-order valence-electron chi connectivity index (χ2n) is 26.5. The standard InChI is InChI=1S/C68H94N16O18/c1-35(2)27-44-60(94)79-49(30-38-15-9-6-10-16-38)67(101)83-26-12-18-50(83)65(99)78-45(28-37-13-7-5-8-14-37)61(95)76-47(31-40-33-84(82-81-40)68-57(91)56(90)55(89)51(34-85)102-68)62(96)77-48(32-53(71)88)63(97)72-43(23-24-52(70)87)59(93)75-46(29-39-19-21-41(86)22-20-39)64(98)80-54(36(3)4)66(100)73-42(17-11-25-69)58(92)74-44/h5-10,13-16,19-22,33,35-36,42-51,54-57,68,85-86,89-91H,11-12,17-18,23-32,34,69H2,1-4H3,(H2,70,87)(H2,71,88)(H,72,97)(H,73,100)(H,74,92)(H,75,93)(H,76,95)(H,77,96)(H,78,99)(H,79,94)(H,80,98)/t42-,43-,44-,45-,46-,47+,48-,49+,50-,51+,54-,55+,56-,57-,68-/m0/s1. The van der Waals surface area contributed by atoms with E-state index in [9.17, 15) is 68.7 Å². The van der Waals surface area contributed by atoms with E-state index in [4.69, 9.17) is 21.9 Å². The highest BCUT2D eigenvalue weighted by atomic mass is 16.6. The van der Waals surface area contributed by atoms with Gasteiger partial charge in [0.2, 0.25) is 70.9 Å². The van der Waals surface area contributed by atoms with Crippen LogP contribution in [-0.4, -0.2) is 221 Å². The van der Waals surface area contributed by atoms with E-state index >= 15 is 14.4 Å². The molecule has 3 fully saturated rings. The highest BCUT2D eigenvalue weighted by Crippen LogP contribution is 2.28. The molecule has 15 atom stereocenters. The number of carbonyl (C=O) groups excluding carboxylic acids is 12. The number of fused-ring (bicyclic) bond motifs is 1. The Morgan fingerprint density at radius 2 is 1.04 bits per heavy atom. The number of primary amides is 2. The summed E-state index contributed by atoms with van der Waals surface area (Å²) >= 11 is 0. The molecule has 34 nitrogen and oxygen atoms in total. The third-order valence-electron chi connectivity index (χ3n) is 17.7. The zero-order valence-corrected chi connectivity index (χ0v) is 57.1. The monoisotopic (exact) mass is 1420 g/mol. The van der Waals surface area contributed by atoms with Gasteiger partial charge in [-0.15, -0.1) is 5.10 Å². The molecule has 0 bridgehead atoms. The van der Waals surface area contributed by atoms with E-state index in [0.29, 0.717) is 16.7 Å². The van der Waals surface area contributed by atoms with Crippen LogP contribution in [0.4, 0.5) is 0 Å². The maximum Gasteiger partial charge on any atom is 0.246 e. The minimum absolute atomic E-state index is 0.00185. The largest absolute Gasteiger partial charge is 0.508 e. The van der Waals surface area contributed by atoms with Gasteiger partial charge in [0.15, 0.2) is 6.23 Å². The minimum Gasteiger partial charge on any atom is -0.508 e. The van der Waals surface area contributed by atoms with E-state index in [1.807, 2.05) is 0 Å². The first-order chi connectivity index (χ1) is 48.5. The molecule has 34 heteroatoms. The Morgan fingerprint density at radius 1 is 0.559 bits per heavy atom. The molecule has 3 saturated heterocycles. The fourth-order valence-electron chi connectivity index (χ4n) is 12.2. The van der Waals surface area contributed by atoms with Gasteiger partial charge in [0.1, 0.15) is 90.6 Å². The molecule has 20 N–H and O–H groups in total. The van der Waals surface area contributed by atoms with Gasteiger partial charge in [0.05, 0.1) is 24.9 Å². The molecule has 0 unspecified atom stereocenters. The average molecular weight is 1420 g/mol. The van der Waals surface area contributed by atoms with Crippen LogP contribution in [0.5, 0.6) is 5.75 Å². The van der Waals surface area contributed by atoms with Crippen molar-refractivity contribution in [1.29, 1.82) is 0 Å². The smallest absolute Gasteiger partial charge is 0.246 e. The maximum atomic E-state index is 15.2. The van der Waals surface area contributed by atoms with Crippen LogP contribution in [0, 0.1) is 11.8 Å². The predicted molar refractivity (Wildman–Crippen MR) is 362 cm³/mol. The lowest BCUT2D eigenvalue weighted by molar-refractivity contribution is -0.254. The van der Waals surface area contributed by atoms with Crippen molar-refractivity contribution < 1.29 is 87.8 Å². The molecule has 0 aliphatic carbocycles. The molecule has 4 aromatic rings. The molecular weight excluding hydrogens is 1330 g/mol. The zero-order valence-electron chi connectivity index (χ0n) is 57.1. The number of benzene rings is 3. The number of aromatic hydroxyl groups is 1. The first-order valence-corrected chi connectivity index (χ1v) is 33.9. The van der Waals surface area contributed by atoms with Crippen LogP contribution in [0.1, 0.15) is 108 Å². The lowest BCUT2D eigenvalue weighted by Crippen LogP contribution is -2.62. The molecule has 12 amide bonds. The second-order valence-corrected chi connectivity index (χ2v) is 26.5. The number of aromatic nitrogens is 3. The Hall–Kier alpha value is -10.0. The first-order valence-electron chi connectivity index (χ1n) is 33.9. The molecule has 3 aliphatic rings. The van der Waals surface area contributed by atoms with Crippen molar-refractivity contribution in [2.75, 3.05) is 19.7 Å². The summed E-state index contributed by atoms with van der Waals surface area (Å²) in [6, 6.07) is 6.61. The van der Waals surface area contributed by atoms with Crippen LogP contribution in [0.15, 0.2) is 91.1 Å². The van der Waals surface area contributed by atoms with Crippen LogP contribution in [0.25, 0.3) is 0 Å². The SMILES string of the molecule is CC(C)C[C@@H]1NC(=O)[C@H](CCCN)NC(=O)[C@H](C(C)C)NC(=O)[C@H](Cc2ccc(O)cc2)NC(=O)[C@H](CCC(N)=O)NC(=O)[C@H](CC(N)=O)NC(=O)[C@@H](Cc2cn([C@H]3O[C@H](CO)[C@@H](O)[C@H](O)[C@@H]3O)nn2)NC(=O)[C@H](Cc2ccccc2)NC(=O)[C@@H]2CCCN2C(=O)[C@@H](Cc2ccccc2)NC1=O. The van der Waals surface area contributed by atoms with E-state index < -0.39 is 200 Å². The summed E-state index contributed by atoms with van der Waals surface area (Å²) < 4.78 is 6.55. The summed E-state index contributed by atoms with van der Waals surface area (Å²) in [5, 5.41) is 84.0. The highest BCUT2D eigenvalue weighted by Gasteiger charge is 2.46. The molecule has 0 spiro atoms. The van der Waals surface area contributed by atoms with E-state index in [-0.39, 0.29) is 81.8 Å². The van der Waals surface area contributed by atoms with Gasteiger partial charge in [0, 0.05) is 38.6 Å². The average Bonchev–Trinajstić information content (AvgIpc) is 1.44. The van der Waals surface area contributed by atoms with Crippen LogP contribution < -0.4 is 65.1 Å². The van der Waals surface area contributed by atoms with Crippen LogP contribution in [0.3, 0.4) is 0 Å². The van der Waals surface area contributed by atoms with Crippen LogP contribution in [-0.2, 0) is 88.0 Å². The van der Waals surface area contributed by atoms with E-state index in [0.717, 1.165) is 10.9 Å². The fourth-order valence-corrected chi connectivity index (χ4v) is 12.2. The van der Waals surface area contributed by atoms with Gasteiger partial charge < -0.3 is 100 Å². The number of rotatable bonds is 21. The predicted octanol–water partition coefficient (Wildman–Crippen LogP) is -4.82. The summed E-state index contributed by atoms with van der Waals surface area (Å²) in [6.45, 7) is 6.01. The number of carbonyl (C=O) groups is 12. The van der Waals surface area contributed by atoms with Gasteiger partial charge in [-0.05, 0) is 85.7 Å². The second kappa shape index (κ2) is 37.6. The van der Waals surface area contributed by atoms with Gasteiger partial charge in [-0.1, -0.05) is 106 Å². The molecular formula is C68H94N16O18. The Labute approximate surface area is 588 Å². The van der Waals surface area contributed by atoms with Crippen molar-refractivity contribution in [3.63, 3.8) is 0 Å². The fraction of sp³-hybridized carbons (Fsp3) is 0.529. The van der Waals surface area contributed by atoms with Gasteiger partial charge in [-0.3, -0.25) is 57.5 Å². The van der Waals surface area contributed by atoms with E-state index in [1.54, 1.807) is 88.4 Å². The number of phenolic OH excluding ortho intramolecular Hbond substituents is 1. The summed E-state index contributed by atoms with van der Waals surface area (Å²) in [5.41, 5.74) is 18.4. The number of aliphatic hydroxyl groups excluding tert-OH is 4. The number of nitrogens with zero attached hydrogens (tertiary/aromatic N) is 4. The van der Waals surface area contributed by atoms with Gasteiger partial charge in [-0.25, -0.2) is 4.68 Å². The normalized spacial score (nSPS) is 27.4. The molecule has 1 aromatic heterocycles. The van der Waals surface area contributed by atoms with Crippen molar-refractivity contribution in [2.45, 2.75) is 196 Å². The number of phenols is 1. The molecule has 0 radical (unpaired) electrons. The molecule has 3 aliphatic heterocycles. The summed E-state index contributed by atoms with van der Waals surface area (Å²) in [7, 11) is 0. The van der Waals surface area contributed by atoms with Crippen LogP contribution >= 0.6 is 0 Å². The Bertz CT molecular complexity index is 3570. The Kier molecular flexibility index (Phi) is 29.2. The zero-order chi connectivity index (χ0) is 74.5. The first kappa shape index (κ1) is 79.3. The van der Waals surface area contributed by atoms with Gasteiger partial charge >= 0.3 is 0 Å². The number of nitrogens with one attached hydrogen (secondary N) is 9. The Balaban J connectivity index is 1.34. The molecule has 554 valence electrons. The van der Waals surface area contributed by atoms with Gasteiger partial charge in [-0.2, -0.15) is 0 Å². The maximum absolute atomic E-state index is 15.2. The van der Waals surface area contributed by atoms with Crippen molar-refractivity contribution in [2.24, 2.45) is 29.0 Å². The lowest BCUT2D eigenvalue weighted by Gasteiger charge is -2.39. The minimum atomic E-state index is -2.03. The van der Waals surface area contributed by atoms with Crippen molar-refractivity contribution in [3.05, 3.63) is 114 Å². The van der Waals surface area contributed by atoms with Crippen molar-refractivity contribution >= 4 is 70.9 Å². The molecule has 7 rings (SSSR count). The lowest BCUT2D eigenvalue weighted by atomic mass is 9.98. The summed E-state index contributed by atoms with van der Waals surface area (Å²) in [6.07, 6.45) is -10.4. The highest BCUT2D eigenvalue weighted by molar-refractivity contribution is 6.01. The van der Waals surface area contributed by atoms with E-state index in [2.05, 4.69) is 58.2 Å². The van der Waals surface area contributed by atoms with Crippen molar-refractivity contribution in [1.82, 2.24) is 67.7 Å². The topological polar surface area (TPSA) is 536 Å². The number of hydrogen-bond acceptors (Lipinski definition) is 21. The summed E-state index contributed by atoms with van der Waals surface area (Å²) in [5.74, 6) is -13.1. The quantitative estimate of drug-likeness (QED) is 0.0372.